The number of benzene rings is 1. The van der Waals surface area contributed by atoms with Crippen molar-refractivity contribution in [1.82, 2.24) is 19.7 Å². The predicted molar refractivity (Wildman–Crippen MR) is 97.8 cm³/mol. The first-order valence-electron chi connectivity index (χ1n) is 7.88. The molecule has 26 heavy (non-hydrogen) atoms. The van der Waals surface area contributed by atoms with Crippen LogP contribution in [0.15, 0.2) is 76.4 Å². The molecular formula is C19H13ClN4O2. The van der Waals surface area contributed by atoms with Gasteiger partial charge in [0.1, 0.15) is 0 Å². The van der Waals surface area contributed by atoms with E-state index in [0.717, 1.165) is 11.1 Å². The lowest BCUT2D eigenvalue weighted by molar-refractivity contribution is 0.432. The van der Waals surface area contributed by atoms with Crippen LogP contribution in [0.25, 0.3) is 22.8 Å². The van der Waals surface area contributed by atoms with E-state index in [2.05, 4.69) is 15.1 Å². The SMILES string of the molecule is O=c1ccc(-c2nc(-c3cccc(Cl)c3)no2)cn1Cc1cccnc1. The fraction of sp³-hybridized carbons (Fsp3) is 0.0526. The zero-order valence-corrected chi connectivity index (χ0v) is 14.3. The van der Waals surface area contributed by atoms with Crippen molar-refractivity contribution < 1.29 is 4.52 Å². The summed E-state index contributed by atoms with van der Waals surface area (Å²) < 4.78 is 6.94. The van der Waals surface area contributed by atoms with Crippen LogP contribution in [-0.2, 0) is 6.54 Å². The van der Waals surface area contributed by atoms with E-state index in [9.17, 15) is 4.79 Å². The average Bonchev–Trinajstić information content (AvgIpc) is 3.15. The van der Waals surface area contributed by atoms with Gasteiger partial charge in [-0.05, 0) is 29.8 Å². The standard InChI is InChI=1S/C19H13ClN4O2/c20-16-5-1-4-14(9-16)18-22-19(26-23-18)15-6-7-17(25)24(12-15)11-13-3-2-8-21-10-13/h1-10,12H,11H2. The molecule has 3 heterocycles. The normalized spacial score (nSPS) is 10.8. The maximum Gasteiger partial charge on any atom is 0.259 e. The van der Waals surface area contributed by atoms with Crippen molar-refractivity contribution in [2.45, 2.75) is 6.54 Å². The van der Waals surface area contributed by atoms with Crippen molar-refractivity contribution in [2.24, 2.45) is 0 Å². The maximum atomic E-state index is 12.1. The van der Waals surface area contributed by atoms with E-state index in [1.165, 1.54) is 6.07 Å². The molecule has 3 aromatic heterocycles. The van der Waals surface area contributed by atoms with Crippen molar-refractivity contribution in [3.63, 3.8) is 0 Å². The highest BCUT2D eigenvalue weighted by atomic mass is 35.5. The molecule has 0 fully saturated rings. The van der Waals surface area contributed by atoms with E-state index >= 15 is 0 Å². The van der Waals surface area contributed by atoms with E-state index < -0.39 is 0 Å². The molecule has 128 valence electrons. The highest BCUT2D eigenvalue weighted by Crippen LogP contribution is 2.23. The van der Waals surface area contributed by atoms with Gasteiger partial charge in [0.2, 0.25) is 5.82 Å². The third-order valence-corrected chi connectivity index (χ3v) is 4.05. The molecule has 0 aliphatic rings. The van der Waals surface area contributed by atoms with Gasteiger partial charge in [0.15, 0.2) is 0 Å². The van der Waals surface area contributed by atoms with Gasteiger partial charge in [-0.3, -0.25) is 9.78 Å². The molecule has 0 bridgehead atoms. The van der Waals surface area contributed by atoms with E-state index in [-0.39, 0.29) is 5.56 Å². The number of hydrogen-bond donors (Lipinski definition) is 0. The third kappa shape index (κ3) is 3.41. The lowest BCUT2D eigenvalue weighted by Gasteiger charge is -2.06. The van der Waals surface area contributed by atoms with Crippen molar-refractivity contribution in [3.8, 4) is 22.8 Å². The van der Waals surface area contributed by atoms with Gasteiger partial charge in [-0.25, -0.2) is 0 Å². The van der Waals surface area contributed by atoms with Gasteiger partial charge in [-0.15, -0.1) is 0 Å². The minimum atomic E-state index is -0.118. The minimum absolute atomic E-state index is 0.118. The van der Waals surface area contributed by atoms with Crippen LogP contribution < -0.4 is 5.56 Å². The zero-order valence-electron chi connectivity index (χ0n) is 13.5. The molecular weight excluding hydrogens is 352 g/mol. The Kier molecular flexibility index (Phi) is 4.33. The Labute approximate surface area is 153 Å². The van der Waals surface area contributed by atoms with Gasteiger partial charge >= 0.3 is 0 Å². The third-order valence-electron chi connectivity index (χ3n) is 3.81. The van der Waals surface area contributed by atoms with Gasteiger partial charge in [0.05, 0.1) is 12.1 Å². The number of nitrogens with zero attached hydrogens (tertiary/aromatic N) is 4. The summed E-state index contributed by atoms with van der Waals surface area (Å²) in [5.41, 5.74) is 2.23. The fourth-order valence-electron chi connectivity index (χ4n) is 2.56. The molecule has 0 radical (unpaired) electrons. The fourth-order valence-corrected chi connectivity index (χ4v) is 2.75. The van der Waals surface area contributed by atoms with Crippen LogP contribution in [-0.4, -0.2) is 19.7 Å². The van der Waals surface area contributed by atoms with Crippen molar-refractivity contribution in [2.75, 3.05) is 0 Å². The summed E-state index contributed by atoms with van der Waals surface area (Å²) in [5.74, 6) is 0.771. The van der Waals surface area contributed by atoms with Crippen LogP contribution in [0, 0.1) is 0 Å². The van der Waals surface area contributed by atoms with Gasteiger partial charge in [-0.1, -0.05) is 35.0 Å². The molecule has 4 aromatic rings. The van der Waals surface area contributed by atoms with Gasteiger partial charge in [0.25, 0.3) is 11.4 Å². The molecule has 0 N–H and O–H groups in total. The van der Waals surface area contributed by atoms with E-state index in [0.29, 0.717) is 28.8 Å². The Morgan fingerprint density at radius 3 is 2.81 bits per heavy atom. The van der Waals surface area contributed by atoms with Gasteiger partial charge in [-0.2, -0.15) is 4.98 Å². The highest BCUT2D eigenvalue weighted by Gasteiger charge is 2.12. The minimum Gasteiger partial charge on any atom is -0.334 e. The second kappa shape index (κ2) is 6.93. The molecule has 0 saturated heterocycles. The Balaban J connectivity index is 1.66. The smallest absolute Gasteiger partial charge is 0.259 e. The highest BCUT2D eigenvalue weighted by molar-refractivity contribution is 6.30. The largest absolute Gasteiger partial charge is 0.334 e. The number of pyridine rings is 2. The van der Waals surface area contributed by atoms with E-state index in [1.54, 1.807) is 41.4 Å². The lowest BCUT2D eigenvalue weighted by Crippen LogP contribution is -2.19. The van der Waals surface area contributed by atoms with Crippen LogP contribution in [0.5, 0.6) is 0 Å². The van der Waals surface area contributed by atoms with Crippen LogP contribution >= 0.6 is 11.6 Å². The quantitative estimate of drug-likeness (QED) is 0.552. The Hall–Kier alpha value is -3.25. The lowest BCUT2D eigenvalue weighted by atomic mass is 10.2. The second-order valence-electron chi connectivity index (χ2n) is 5.68. The first-order valence-corrected chi connectivity index (χ1v) is 8.26. The molecule has 1 aromatic carbocycles. The van der Waals surface area contributed by atoms with Crippen LogP contribution in [0.2, 0.25) is 5.02 Å². The van der Waals surface area contributed by atoms with Crippen molar-refractivity contribution >= 4 is 11.6 Å². The summed E-state index contributed by atoms with van der Waals surface area (Å²) in [6.45, 7) is 0.413. The van der Waals surface area contributed by atoms with E-state index in [1.807, 2.05) is 24.3 Å². The number of rotatable bonds is 4. The number of aromatic nitrogens is 4. The van der Waals surface area contributed by atoms with E-state index in [4.69, 9.17) is 16.1 Å². The Bertz CT molecular complexity index is 1110. The number of halogens is 1. The molecule has 0 atom stereocenters. The van der Waals surface area contributed by atoms with Gasteiger partial charge in [0, 0.05) is 35.2 Å². The molecule has 4 rings (SSSR count). The first-order chi connectivity index (χ1) is 12.7. The molecule has 0 aliphatic heterocycles. The summed E-state index contributed by atoms with van der Waals surface area (Å²) in [6, 6.07) is 14.1. The molecule has 0 unspecified atom stereocenters. The van der Waals surface area contributed by atoms with Crippen molar-refractivity contribution in [1.29, 1.82) is 0 Å². The van der Waals surface area contributed by atoms with Gasteiger partial charge < -0.3 is 9.09 Å². The Morgan fingerprint density at radius 1 is 1.08 bits per heavy atom. The molecule has 6 nitrogen and oxygen atoms in total. The maximum absolute atomic E-state index is 12.1. The number of hydrogen-bond acceptors (Lipinski definition) is 5. The molecule has 0 aliphatic carbocycles. The molecule has 0 saturated carbocycles. The average molecular weight is 365 g/mol. The first kappa shape index (κ1) is 16.2. The van der Waals surface area contributed by atoms with Crippen molar-refractivity contribution in [3.05, 3.63) is 88.1 Å². The summed E-state index contributed by atoms with van der Waals surface area (Å²) in [6.07, 6.45) is 5.12. The summed E-state index contributed by atoms with van der Waals surface area (Å²) in [7, 11) is 0. The zero-order chi connectivity index (χ0) is 17.9. The second-order valence-corrected chi connectivity index (χ2v) is 6.12. The summed E-state index contributed by atoms with van der Waals surface area (Å²) >= 11 is 6.00. The molecule has 7 heteroatoms. The van der Waals surface area contributed by atoms with Crippen LogP contribution in [0.4, 0.5) is 0 Å². The topological polar surface area (TPSA) is 73.8 Å². The summed E-state index contributed by atoms with van der Waals surface area (Å²) in [4.78, 5) is 20.6. The monoisotopic (exact) mass is 364 g/mol. The molecule has 0 amide bonds. The van der Waals surface area contributed by atoms with Crippen LogP contribution in [0.1, 0.15) is 5.56 Å². The Morgan fingerprint density at radius 2 is 2.00 bits per heavy atom. The molecule has 0 spiro atoms. The summed E-state index contributed by atoms with van der Waals surface area (Å²) in [5, 5.41) is 4.59. The van der Waals surface area contributed by atoms with Crippen LogP contribution in [0.3, 0.4) is 0 Å². The predicted octanol–water partition coefficient (Wildman–Crippen LogP) is 3.66.